The molecule has 0 unspecified atom stereocenters. The fourth-order valence-corrected chi connectivity index (χ4v) is 3.46. The Hall–Kier alpha value is -1.21. The van der Waals surface area contributed by atoms with E-state index >= 15 is 0 Å². The number of halogens is 1. The van der Waals surface area contributed by atoms with Gasteiger partial charge in [0.1, 0.15) is 0 Å². The van der Waals surface area contributed by atoms with Gasteiger partial charge in [-0.2, -0.15) is 0 Å². The van der Waals surface area contributed by atoms with Gasteiger partial charge in [-0.3, -0.25) is 0 Å². The highest BCUT2D eigenvalue weighted by atomic mass is 79.9. The van der Waals surface area contributed by atoms with Gasteiger partial charge in [-0.05, 0) is 43.9 Å². The van der Waals surface area contributed by atoms with Crippen LogP contribution in [0.25, 0.3) is 0 Å². The van der Waals surface area contributed by atoms with Gasteiger partial charge in [0.2, 0.25) is 10.0 Å². The zero-order chi connectivity index (χ0) is 16.2. The van der Waals surface area contributed by atoms with E-state index in [4.69, 9.17) is 0 Å². The van der Waals surface area contributed by atoms with Crippen LogP contribution < -0.4 is 4.72 Å². The topological polar surface area (TPSA) is 49.4 Å². The molecule has 2 rings (SSSR count). The lowest BCUT2D eigenvalue weighted by Crippen LogP contribution is -2.34. The molecule has 0 spiro atoms. The monoisotopic (exact) mass is 382 g/mol. The molecule has 1 N–H and O–H groups in total. The van der Waals surface area contributed by atoms with Crippen molar-refractivity contribution in [2.75, 3.05) is 20.6 Å². The Morgan fingerprint density at radius 2 is 1.64 bits per heavy atom. The SMILES string of the molecule is CN(C)[C@@H](CNS(=O)(=O)c1ccc(Br)cc1)c1ccccc1. The summed E-state index contributed by atoms with van der Waals surface area (Å²) in [6.07, 6.45) is 0. The Kier molecular flexibility index (Phi) is 5.74. The van der Waals surface area contributed by atoms with Crippen molar-refractivity contribution in [1.82, 2.24) is 9.62 Å². The third kappa shape index (κ3) is 4.39. The molecule has 118 valence electrons. The van der Waals surface area contributed by atoms with E-state index < -0.39 is 10.0 Å². The average Bonchev–Trinajstić information content (AvgIpc) is 2.48. The summed E-state index contributed by atoms with van der Waals surface area (Å²) in [6, 6.07) is 16.4. The first-order chi connectivity index (χ1) is 10.4. The third-order valence-corrected chi connectivity index (χ3v) is 5.37. The highest BCUT2D eigenvalue weighted by Gasteiger charge is 2.19. The van der Waals surface area contributed by atoms with Crippen molar-refractivity contribution in [3.8, 4) is 0 Å². The van der Waals surface area contributed by atoms with Gasteiger partial charge in [0.15, 0.2) is 0 Å². The lowest BCUT2D eigenvalue weighted by Gasteiger charge is -2.25. The molecular formula is C16H19BrN2O2S. The molecule has 2 aromatic carbocycles. The van der Waals surface area contributed by atoms with Crippen molar-refractivity contribution in [3.05, 3.63) is 64.6 Å². The minimum atomic E-state index is -3.51. The van der Waals surface area contributed by atoms with Gasteiger partial charge in [0.05, 0.1) is 4.90 Å². The number of rotatable bonds is 6. The van der Waals surface area contributed by atoms with Crippen molar-refractivity contribution in [2.45, 2.75) is 10.9 Å². The number of sulfonamides is 1. The quantitative estimate of drug-likeness (QED) is 0.834. The summed E-state index contributed by atoms with van der Waals surface area (Å²) in [5, 5.41) is 0. The van der Waals surface area contributed by atoms with E-state index in [9.17, 15) is 8.42 Å². The van der Waals surface area contributed by atoms with Crippen molar-refractivity contribution in [1.29, 1.82) is 0 Å². The van der Waals surface area contributed by atoms with Gasteiger partial charge in [0.25, 0.3) is 0 Å². The molecule has 0 heterocycles. The number of hydrogen-bond acceptors (Lipinski definition) is 3. The summed E-state index contributed by atoms with van der Waals surface area (Å²) < 4.78 is 28.3. The Bertz CT molecular complexity index is 701. The fourth-order valence-electron chi connectivity index (χ4n) is 2.16. The first-order valence-electron chi connectivity index (χ1n) is 6.87. The Morgan fingerprint density at radius 1 is 1.05 bits per heavy atom. The Balaban J connectivity index is 2.14. The molecule has 4 nitrogen and oxygen atoms in total. The Morgan fingerprint density at radius 3 is 2.18 bits per heavy atom. The number of nitrogens with zero attached hydrogens (tertiary/aromatic N) is 1. The normalized spacial score (nSPS) is 13.3. The van der Waals surface area contributed by atoms with Crippen LogP contribution in [0.4, 0.5) is 0 Å². The van der Waals surface area contributed by atoms with E-state index in [0.717, 1.165) is 10.0 Å². The maximum absolute atomic E-state index is 12.4. The van der Waals surface area contributed by atoms with E-state index in [1.54, 1.807) is 24.3 Å². The zero-order valence-corrected chi connectivity index (χ0v) is 14.9. The predicted octanol–water partition coefficient (Wildman–Crippen LogP) is 3.03. The van der Waals surface area contributed by atoms with Crippen LogP contribution in [-0.4, -0.2) is 34.0 Å². The summed E-state index contributed by atoms with van der Waals surface area (Å²) in [5.41, 5.74) is 1.08. The first kappa shape index (κ1) is 17.1. The van der Waals surface area contributed by atoms with Crippen LogP contribution in [0, 0.1) is 0 Å². The largest absolute Gasteiger partial charge is 0.301 e. The minimum absolute atomic E-state index is 0.0218. The zero-order valence-electron chi connectivity index (χ0n) is 12.5. The molecule has 2 aromatic rings. The van der Waals surface area contributed by atoms with Gasteiger partial charge in [-0.25, -0.2) is 13.1 Å². The molecule has 0 fully saturated rings. The second kappa shape index (κ2) is 7.37. The molecule has 0 aromatic heterocycles. The molecule has 6 heteroatoms. The van der Waals surface area contributed by atoms with Crippen molar-refractivity contribution in [2.24, 2.45) is 0 Å². The van der Waals surface area contributed by atoms with E-state index in [-0.39, 0.29) is 10.9 Å². The van der Waals surface area contributed by atoms with E-state index in [1.165, 1.54) is 0 Å². The molecule has 0 saturated carbocycles. The number of benzene rings is 2. The van der Waals surface area contributed by atoms with Crippen LogP contribution in [0.5, 0.6) is 0 Å². The van der Waals surface area contributed by atoms with Gasteiger partial charge >= 0.3 is 0 Å². The molecule has 0 aliphatic rings. The molecule has 0 saturated heterocycles. The second-order valence-electron chi connectivity index (χ2n) is 5.20. The summed E-state index contributed by atoms with van der Waals surface area (Å²) >= 11 is 3.30. The predicted molar refractivity (Wildman–Crippen MR) is 92.2 cm³/mol. The van der Waals surface area contributed by atoms with Crippen LogP contribution >= 0.6 is 15.9 Å². The Labute approximate surface area is 140 Å². The van der Waals surface area contributed by atoms with Crippen LogP contribution in [0.2, 0.25) is 0 Å². The molecule has 1 atom stereocenters. The van der Waals surface area contributed by atoms with Crippen LogP contribution in [0.3, 0.4) is 0 Å². The lowest BCUT2D eigenvalue weighted by molar-refractivity contribution is 0.299. The minimum Gasteiger partial charge on any atom is -0.301 e. The first-order valence-corrected chi connectivity index (χ1v) is 9.14. The molecule has 0 bridgehead atoms. The van der Waals surface area contributed by atoms with Crippen LogP contribution in [0.15, 0.2) is 64.0 Å². The van der Waals surface area contributed by atoms with E-state index in [0.29, 0.717) is 6.54 Å². The molecule has 0 radical (unpaired) electrons. The molecule has 0 amide bonds. The number of likely N-dealkylation sites (N-methyl/N-ethyl adjacent to an activating group) is 1. The standard InChI is InChI=1S/C16H19BrN2O2S/c1-19(2)16(13-6-4-3-5-7-13)12-18-22(20,21)15-10-8-14(17)9-11-15/h3-11,16,18H,12H2,1-2H3/t16-/m0/s1. The van der Waals surface area contributed by atoms with Gasteiger partial charge in [0, 0.05) is 17.1 Å². The average molecular weight is 383 g/mol. The lowest BCUT2D eigenvalue weighted by atomic mass is 10.1. The van der Waals surface area contributed by atoms with Gasteiger partial charge in [-0.1, -0.05) is 46.3 Å². The third-order valence-electron chi connectivity index (χ3n) is 3.40. The van der Waals surface area contributed by atoms with Crippen LogP contribution in [-0.2, 0) is 10.0 Å². The smallest absolute Gasteiger partial charge is 0.240 e. The molecule has 22 heavy (non-hydrogen) atoms. The number of nitrogens with one attached hydrogen (secondary N) is 1. The fraction of sp³-hybridized carbons (Fsp3) is 0.250. The molecule has 0 aliphatic heterocycles. The maximum atomic E-state index is 12.4. The summed E-state index contributed by atoms with van der Waals surface area (Å²) in [6.45, 7) is 0.315. The van der Waals surface area contributed by atoms with Gasteiger partial charge < -0.3 is 4.90 Å². The van der Waals surface area contributed by atoms with E-state index in [1.807, 2.05) is 49.3 Å². The van der Waals surface area contributed by atoms with Crippen molar-refractivity contribution in [3.63, 3.8) is 0 Å². The highest BCUT2D eigenvalue weighted by Crippen LogP contribution is 2.19. The molecule has 0 aliphatic carbocycles. The second-order valence-corrected chi connectivity index (χ2v) is 7.88. The van der Waals surface area contributed by atoms with Crippen LogP contribution in [0.1, 0.15) is 11.6 Å². The summed E-state index contributed by atoms with van der Waals surface area (Å²) in [5.74, 6) is 0. The molecular weight excluding hydrogens is 364 g/mol. The summed E-state index contributed by atoms with van der Waals surface area (Å²) in [4.78, 5) is 2.26. The van der Waals surface area contributed by atoms with Crippen molar-refractivity contribution >= 4 is 26.0 Å². The van der Waals surface area contributed by atoms with E-state index in [2.05, 4.69) is 20.7 Å². The van der Waals surface area contributed by atoms with Crippen molar-refractivity contribution < 1.29 is 8.42 Å². The van der Waals surface area contributed by atoms with Gasteiger partial charge in [-0.15, -0.1) is 0 Å². The maximum Gasteiger partial charge on any atom is 0.240 e. The number of hydrogen-bond donors (Lipinski definition) is 1. The highest BCUT2D eigenvalue weighted by molar-refractivity contribution is 9.10. The summed E-state index contributed by atoms with van der Waals surface area (Å²) in [7, 11) is 0.361.